The van der Waals surface area contributed by atoms with Crippen LogP contribution in [0.1, 0.15) is 11.3 Å². The lowest BCUT2D eigenvalue weighted by Crippen LogP contribution is -1.91. The molecule has 0 spiro atoms. The highest BCUT2D eigenvalue weighted by atomic mass is 14.8. The topological polar surface area (TPSA) is 38.7 Å². The van der Waals surface area contributed by atoms with Gasteiger partial charge in [0, 0.05) is 12.4 Å². The van der Waals surface area contributed by atoms with E-state index in [1.54, 1.807) is 18.6 Å². The second-order valence-corrected chi connectivity index (χ2v) is 3.26. The molecule has 0 radical (unpaired) electrons. The lowest BCUT2D eigenvalue weighted by molar-refractivity contribution is 1.10. The summed E-state index contributed by atoms with van der Waals surface area (Å²) in [5.41, 5.74) is 3.79. The zero-order chi connectivity index (χ0) is 9.97. The molecule has 2 aromatic rings. The van der Waals surface area contributed by atoms with E-state index < -0.39 is 0 Å². The van der Waals surface area contributed by atoms with Crippen LogP contribution in [0.5, 0.6) is 0 Å². The lowest BCUT2D eigenvalue weighted by atomic mass is 10.2. The largest absolute Gasteiger partial charge is 0.261 e. The molecule has 0 amide bonds. The number of hydrogen-bond acceptors (Lipinski definition) is 3. The number of nitrogens with zero attached hydrogens (tertiary/aromatic N) is 3. The molecule has 0 N–H and O–H groups in total. The van der Waals surface area contributed by atoms with Gasteiger partial charge < -0.3 is 0 Å². The number of rotatable bonds is 1. The summed E-state index contributed by atoms with van der Waals surface area (Å²) in [5, 5.41) is 0. The summed E-state index contributed by atoms with van der Waals surface area (Å²) in [7, 11) is 0. The fraction of sp³-hybridized carbons (Fsp3) is 0.182. The van der Waals surface area contributed by atoms with Crippen molar-refractivity contribution in [3.05, 3.63) is 42.0 Å². The molecule has 2 aromatic heterocycles. The Hall–Kier alpha value is -1.77. The molecule has 0 unspecified atom stereocenters. The molecule has 0 aromatic carbocycles. The van der Waals surface area contributed by atoms with Crippen LogP contribution in [0, 0.1) is 13.8 Å². The molecule has 0 saturated heterocycles. The molecule has 3 nitrogen and oxygen atoms in total. The monoisotopic (exact) mass is 185 g/mol. The molecule has 0 aliphatic heterocycles. The maximum atomic E-state index is 4.36. The highest BCUT2D eigenvalue weighted by molar-refractivity contribution is 5.53. The van der Waals surface area contributed by atoms with E-state index in [-0.39, 0.29) is 0 Å². The van der Waals surface area contributed by atoms with E-state index in [2.05, 4.69) is 15.0 Å². The lowest BCUT2D eigenvalue weighted by Gasteiger charge is -2.00. The third-order valence-corrected chi connectivity index (χ3v) is 1.93. The van der Waals surface area contributed by atoms with Gasteiger partial charge >= 0.3 is 0 Å². The minimum Gasteiger partial charge on any atom is -0.261 e. The maximum absolute atomic E-state index is 4.36. The highest BCUT2D eigenvalue weighted by Crippen LogP contribution is 2.13. The molecular formula is C11H11N3. The highest BCUT2D eigenvalue weighted by Gasteiger charge is 2.00. The van der Waals surface area contributed by atoms with E-state index in [0.29, 0.717) is 0 Å². The van der Waals surface area contributed by atoms with Crippen molar-refractivity contribution in [3.63, 3.8) is 0 Å². The summed E-state index contributed by atoms with van der Waals surface area (Å²) in [5.74, 6) is 0. The van der Waals surface area contributed by atoms with E-state index in [4.69, 9.17) is 0 Å². The molecule has 0 saturated carbocycles. The molecule has 3 heteroatoms. The molecule has 0 fully saturated rings. The molecular weight excluding hydrogens is 174 g/mol. The van der Waals surface area contributed by atoms with Gasteiger partial charge in [-0.05, 0) is 31.5 Å². The Labute approximate surface area is 82.9 Å². The zero-order valence-corrected chi connectivity index (χ0v) is 8.23. The Morgan fingerprint density at radius 3 is 2.64 bits per heavy atom. The van der Waals surface area contributed by atoms with Crippen LogP contribution < -0.4 is 0 Å². The summed E-state index contributed by atoms with van der Waals surface area (Å²) < 4.78 is 0. The van der Waals surface area contributed by atoms with Crippen LogP contribution >= 0.6 is 0 Å². The predicted molar refractivity (Wildman–Crippen MR) is 54.7 cm³/mol. The van der Waals surface area contributed by atoms with E-state index >= 15 is 0 Å². The van der Waals surface area contributed by atoms with E-state index in [1.807, 2.05) is 26.0 Å². The van der Waals surface area contributed by atoms with Gasteiger partial charge in [-0.25, -0.2) is 4.98 Å². The predicted octanol–water partition coefficient (Wildman–Crippen LogP) is 2.16. The molecule has 0 atom stereocenters. The van der Waals surface area contributed by atoms with Crippen LogP contribution in [0.15, 0.2) is 30.7 Å². The average Bonchev–Trinajstić information content (AvgIpc) is 2.18. The average molecular weight is 185 g/mol. The number of hydrogen-bond donors (Lipinski definition) is 0. The summed E-state index contributed by atoms with van der Waals surface area (Å²) in [6.45, 7) is 3.96. The van der Waals surface area contributed by atoms with Crippen molar-refractivity contribution in [1.82, 2.24) is 15.0 Å². The van der Waals surface area contributed by atoms with Crippen LogP contribution in [0.4, 0.5) is 0 Å². The zero-order valence-electron chi connectivity index (χ0n) is 8.23. The first-order valence-electron chi connectivity index (χ1n) is 4.47. The Bertz CT molecular complexity index is 408. The minimum absolute atomic E-state index is 0.828. The first-order chi connectivity index (χ1) is 6.75. The second kappa shape index (κ2) is 3.54. The summed E-state index contributed by atoms with van der Waals surface area (Å²) >= 11 is 0. The molecule has 0 aliphatic carbocycles. The number of aromatic nitrogens is 3. The number of aryl methyl sites for hydroxylation is 2. The molecule has 0 aliphatic rings. The van der Waals surface area contributed by atoms with Crippen molar-refractivity contribution >= 4 is 0 Å². The van der Waals surface area contributed by atoms with Crippen molar-refractivity contribution < 1.29 is 0 Å². The quantitative estimate of drug-likeness (QED) is 0.683. The van der Waals surface area contributed by atoms with Crippen molar-refractivity contribution in [2.75, 3.05) is 0 Å². The Morgan fingerprint density at radius 1 is 1.07 bits per heavy atom. The van der Waals surface area contributed by atoms with Gasteiger partial charge in [0.05, 0.1) is 17.6 Å². The van der Waals surface area contributed by atoms with Crippen molar-refractivity contribution in [2.24, 2.45) is 0 Å². The van der Waals surface area contributed by atoms with Gasteiger partial charge in [0.1, 0.15) is 5.69 Å². The van der Waals surface area contributed by atoms with Crippen molar-refractivity contribution in [1.29, 1.82) is 0 Å². The SMILES string of the molecule is Cc1ccnc(-c2cncc(C)n2)c1. The smallest absolute Gasteiger partial charge is 0.107 e. The van der Waals surface area contributed by atoms with E-state index in [0.717, 1.165) is 17.1 Å². The molecule has 2 rings (SSSR count). The van der Waals surface area contributed by atoms with Crippen molar-refractivity contribution in [3.8, 4) is 11.4 Å². The Kier molecular flexibility index (Phi) is 2.23. The van der Waals surface area contributed by atoms with Crippen LogP contribution in [-0.4, -0.2) is 15.0 Å². The van der Waals surface area contributed by atoms with E-state index in [1.165, 1.54) is 5.56 Å². The normalized spacial score (nSPS) is 10.1. The van der Waals surface area contributed by atoms with Crippen LogP contribution in [0.25, 0.3) is 11.4 Å². The second-order valence-electron chi connectivity index (χ2n) is 3.26. The third-order valence-electron chi connectivity index (χ3n) is 1.93. The van der Waals surface area contributed by atoms with Gasteiger partial charge in [0.15, 0.2) is 0 Å². The first-order valence-corrected chi connectivity index (χ1v) is 4.47. The first kappa shape index (κ1) is 8.81. The summed E-state index contributed by atoms with van der Waals surface area (Å²) in [6.07, 6.45) is 5.25. The van der Waals surface area contributed by atoms with Crippen LogP contribution in [-0.2, 0) is 0 Å². The van der Waals surface area contributed by atoms with E-state index in [9.17, 15) is 0 Å². The summed E-state index contributed by atoms with van der Waals surface area (Å²) in [4.78, 5) is 12.7. The van der Waals surface area contributed by atoms with Gasteiger partial charge in [-0.15, -0.1) is 0 Å². The van der Waals surface area contributed by atoms with Gasteiger partial charge in [-0.1, -0.05) is 0 Å². The molecule has 0 bridgehead atoms. The molecule has 14 heavy (non-hydrogen) atoms. The van der Waals surface area contributed by atoms with Gasteiger partial charge in [0.25, 0.3) is 0 Å². The summed E-state index contributed by atoms with van der Waals surface area (Å²) in [6, 6.07) is 3.97. The fourth-order valence-electron chi connectivity index (χ4n) is 1.26. The third kappa shape index (κ3) is 1.76. The number of pyridine rings is 1. The maximum Gasteiger partial charge on any atom is 0.107 e. The Balaban J connectivity index is 2.49. The van der Waals surface area contributed by atoms with Gasteiger partial charge in [-0.3, -0.25) is 9.97 Å². The van der Waals surface area contributed by atoms with Gasteiger partial charge in [-0.2, -0.15) is 0 Å². The Morgan fingerprint density at radius 2 is 1.93 bits per heavy atom. The van der Waals surface area contributed by atoms with Crippen molar-refractivity contribution in [2.45, 2.75) is 13.8 Å². The molecule has 2 heterocycles. The minimum atomic E-state index is 0.828. The standard InChI is InChI=1S/C11H11N3/c1-8-3-4-13-10(5-8)11-7-12-6-9(2)14-11/h3-7H,1-2H3. The van der Waals surface area contributed by atoms with Crippen LogP contribution in [0.3, 0.4) is 0 Å². The van der Waals surface area contributed by atoms with Crippen LogP contribution in [0.2, 0.25) is 0 Å². The van der Waals surface area contributed by atoms with Gasteiger partial charge in [0.2, 0.25) is 0 Å². The fourth-order valence-corrected chi connectivity index (χ4v) is 1.26. The molecule has 70 valence electrons.